The fourth-order valence-corrected chi connectivity index (χ4v) is 21.1. The molecule has 0 aliphatic carbocycles. The Morgan fingerprint density at radius 2 is 0.448 bits per heavy atom. The molecule has 27 rings (SSSR count). The van der Waals surface area contributed by atoms with Crippen molar-refractivity contribution in [1.29, 1.82) is 0 Å². The quantitative estimate of drug-likeness (QED) is 0.134. The Kier molecular flexibility index (Phi) is 18.8. The average Bonchev–Trinajstić information content (AvgIpc) is 1.52. The van der Waals surface area contributed by atoms with Crippen molar-refractivity contribution < 1.29 is 0 Å². The zero-order chi connectivity index (χ0) is 90.3. The number of rotatable bonds is 9. The molecule has 0 bridgehead atoms. The van der Waals surface area contributed by atoms with Crippen molar-refractivity contribution in [3.8, 4) is 124 Å². The summed E-state index contributed by atoms with van der Waals surface area (Å²) in [5, 5.41) is 5.04. The van der Waals surface area contributed by atoms with E-state index in [9.17, 15) is 0 Å². The maximum Gasteiger partial charge on any atom is 0.148 e. The molecule has 16 heteroatoms. The van der Waals surface area contributed by atoms with E-state index < -0.39 is 0 Å². The summed E-state index contributed by atoms with van der Waals surface area (Å²) in [4.78, 5) is 54.0. The molecule has 8 aromatic heterocycles. The molecule has 23 aromatic rings. The number of hydrogen-bond donors (Lipinski definition) is 0. The van der Waals surface area contributed by atoms with E-state index in [1.54, 1.807) is 25.3 Å². The molecule has 12 heterocycles. The smallest absolute Gasteiger partial charge is 0.148 e. The number of fused-ring (bicyclic) bond motifs is 10. The molecule has 16 nitrogen and oxygen atoms in total. The van der Waals surface area contributed by atoms with Gasteiger partial charge in [0.25, 0.3) is 0 Å². The summed E-state index contributed by atoms with van der Waals surface area (Å²) in [5.41, 5.74) is 38.8. The third-order valence-corrected chi connectivity index (χ3v) is 27.9. The van der Waals surface area contributed by atoms with Crippen molar-refractivity contribution in [2.24, 2.45) is 0 Å². The van der Waals surface area contributed by atoms with Crippen LogP contribution in [0, 0.1) is 0 Å². The van der Waals surface area contributed by atoms with Gasteiger partial charge in [0.1, 0.15) is 48.6 Å². The van der Waals surface area contributed by atoms with Crippen LogP contribution in [0.3, 0.4) is 0 Å². The minimum absolute atomic E-state index is 0.139. The van der Waals surface area contributed by atoms with E-state index in [1.807, 2.05) is 49.6 Å². The van der Waals surface area contributed by atoms with Gasteiger partial charge in [-0.2, -0.15) is 0 Å². The number of nitrogens with zero attached hydrogens (tertiary/aromatic N) is 16. The first-order valence-corrected chi connectivity index (χ1v) is 45.4. The highest BCUT2D eigenvalue weighted by Crippen LogP contribution is 2.53. The molecule has 15 aromatic carbocycles. The van der Waals surface area contributed by atoms with Gasteiger partial charge in [0.2, 0.25) is 0 Å². The van der Waals surface area contributed by atoms with Crippen LogP contribution < -0.4 is 0 Å². The lowest BCUT2D eigenvalue weighted by molar-refractivity contribution is 0.629. The Balaban J connectivity index is 0.0000000983. The van der Waals surface area contributed by atoms with Crippen molar-refractivity contribution in [2.75, 3.05) is 0 Å². The van der Waals surface area contributed by atoms with Crippen LogP contribution in [-0.2, 0) is 21.7 Å². The summed E-state index contributed by atoms with van der Waals surface area (Å²) < 4.78 is 9.13. The number of benzene rings is 15. The largest absolute Gasteiger partial charge is 0.292 e. The summed E-state index contributed by atoms with van der Waals surface area (Å²) in [6.45, 7) is 18.5. The fraction of sp³-hybridized carbons (Fsp3) is 0.102. The molecule has 0 radical (unpaired) electrons. The second-order valence-corrected chi connectivity index (χ2v) is 37.1. The topological polar surface area (TPSA) is 174 Å². The second-order valence-electron chi connectivity index (χ2n) is 37.1. The van der Waals surface area contributed by atoms with Crippen LogP contribution in [0.4, 0.5) is 0 Å². The molecule has 4 aliphatic heterocycles. The minimum Gasteiger partial charge on any atom is -0.292 e. The van der Waals surface area contributed by atoms with Gasteiger partial charge in [0, 0.05) is 71.2 Å². The minimum atomic E-state index is -0.171. The normalized spacial score (nSPS) is 13.8. The molecular weight excluding hydrogens is 1640 g/mol. The van der Waals surface area contributed by atoms with Crippen LogP contribution in [0.15, 0.2) is 390 Å². The Morgan fingerprint density at radius 3 is 0.821 bits per heavy atom. The monoisotopic (exact) mass is 1730 g/mol. The van der Waals surface area contributed by atoms with Gasteiger partial charge in [-0.3, -0.25) is 18.3 Å². The predicted octanol–water partition coefficient (Wildman–Crippen LogP) is 27.1. The predicted molar refractivity (Wildman–Crippen MR) is 539 cm³/mol. The highest BCUT2D eigenvalue weighted by atomic mass is 15.1. The lowest BCUT2D eigenvalue weighted by Crippen LogP contribution is -2.26. The van der Waals surface area contributed by atoms with Gasteiger partial charge >= 0.3 is 0 Å². The highest BCUT2D eigenvalue weighted by molar-refractivity contribution is 6.00. The molecule has 4 aliphatic rings. The van der Waals surface area contributed by atoms with Crippen LogP contribution in [0.1, 0.15) is 99.9 Å². The molecule has 0 saturated carbocycles. The van der Waals surface area contributed by atoms with Crippen LogP contribution in [-0.4, -0.2) is 78.1 Å². The summed E-state index contributed by atoms with van der Waals surface area (Å²) in [6, 6.07) is 113. The van der Waals surface area contributed by atoms with E-state index in [1.165, 1.54) is 133 Å². The van der Waals surface area contributed by atoms with Gasteiger partial charge in [-0.15, -0.1) is 0 Å². The molecule has 0 amide bonds. The van der Waals surface area contributed by atoms with E-state index in [4.69, 9.17) is 19.9 Å². The first kappa shape index (κ1) is 80.3. The Hall–Kier alpha value is -17.0. The number of para-hydroxylation sites is 4. The third kappa shape index (κ3) is 13.1. The SMILES string of the molecule is CC1(C)c2cc(-c3ccc(-c4ccccc4)cc3)ccc2-n2c(-c3cncnc3)nc3cccc1c32.CC1(C)c2cc(-c3ccc4ccccc4c3)ccc2-n2c(-c3cncnc3)nc3cccc1c32.CC1(C)c2cc(-c3cccc4ccccc34)ccc2-n2c(-c3cncnc3)nc3cccc1c32.CC1(C)c2cc(-c3ccccc3)ccc2-n2c(-c3cncnc3)nc3cccc1c32. The standard InChI is InChI=1S/C32H24N4.2C30H22N4.C26H20N4/c1-32(2)26-9-6-10-28-30(26)36(31(35-28)25-18-33-20-34-19-25)29-16-15-24(17-27(29)32)23-13-11-22(12-14-23)21-7-4-3-5-8-21;1-30(2)24-11-6-12-26-28(24)34(29(33-26)21-16-31-18-32-17-21)27-14-13-20(15-25(27)30)23-10-5-8-19-7-3-4-9-22(19)23;1-30(2)24-8-5-9-26-28(24)34(29(33-26)23-16-31-18-32-17-23)27-13-12-22(15-25(27)30)21-11-10-19-6-3-4-7-20(19)14-21;1-26(2)20-9-6-10-22-24(20)30(25(29-22)19-14-27-16-28-15-19)23-12-11-18(13-21(23)26)17-7-4-3-5-8-17/h3-20H,1-2H3;2*3-18H,1-2H3;3-16H,1-2H3. The maximum atomic E-state index is 5.02. The van der Waals surface area contributed by atoms with Crippen molar-refractivity contribution in [3.05, 3.63) is 435 Å². The first-order chi connectivity index (χ1) is 65.5. The Labute approximate surface area is 774 Å². The molecule has 0 fully saturated rings. The average molecular weight is 1730 g/mol. The molecule has 640 valence electrons. The van der Waals surface area contributed by atoms with Crippen LogP contribution in [0.25, 0.3) is 190 Å². The molecule has 0 N–H and O–H groups in total. The summed E-state index contributed by atoms with van der Waals surface area (Å²) in [5.74, 6) is 3.49. The van der Waals surface area contributed by atoms with Crippen molar-refractivity contribution in [2.45, 2.75) is 77.0 Å². The lowest BCUT2D eigenvalue weighted by atomic mass is 9.74. The summed E-state index contributed by atoms with van der Waals surface area (Å²) in [7, 11) is 0. The van der Waals surface area contributed by atoms with Crippen LogP contribution in [0.5, 0.6) is 0 Å². The van der Waals surface area contributed by atoms with Crippen LogP contribution >= 0.6 is 0 Å². The van der Waals surface area contributed by atoms with E-state index in [-0.39, 0.29) is 21.7 Å². The Morgan fingerprint density at radius 1 is 0.187 bits per heavy atom. The van der Waals surface area contributed by atoms with Gasteiger partial charge in [0.15, 0.2) is 0 Å². The lowest BCUT2D eigenvalue weighted by Gasteiger charge is -2.35. The van der Waals surface area contributed by atoms with E-state index >= 15 is 0 Å². The fourth-order valence-electron chi connectivity index (χ4n) is 21.1. The number of imidazole rings is 4. The molecular formula is C118H88N16. The second kappa shape index (κ2) is 31.4. The Bertz CT molecular complexity index is 8580. The van der Waals surface area contributed by atoms with Crippen molar-refractivity contribution in [3.63, 3.8) is 0 Å². The van der Waals surface area contributed by atoms with E-state index in [2.05, 4.69) is 429 Å². The van der Waals surface area contributed by atoms with E-state index in [0.717, 1.165) is 101 Å². The molecule has 0 unspecified atom stereocenters. The zero-order valence-electron chi connectivity index (χ0n) is 75.1. The molecule has 0 spiro atoms. The zero-order valence-corrected chi connectivity index (χ0v) is 75.1. The van der Waals surface area contributed by atoms with E-state index in [0.29, 0.717) is 0 Å². The van der Waals surface area contributed by atoms with Gasteiger partial charge in [-0.05, 0) is 201 Å². The van der Waals surface area contributed by atoms with Crippen molar-refractivity contribution >= 4 is 65.7 Å². The number of hydrogen-bond acceptors (Lipinski definition) is 12. The first-order valence-electron chi connectivity index (χ1n) is 45.4. The maximum absolute atomic E-state index is 5.02. The highest BCUT2D eigenvalue weighted by Gasteiger charge is 2.41. The van der Waals surface area contributed by atoms with Gasteiger partial charge in [-0.25, -0.2) is 59.8 Å². The van der Waals surface area contributed by atoms with Crippen molar-refractivity contribution in [1.82, 2.24) is 78.1 Å². The van der Waals surface area contributed by atoms with Crippen LogP contribution in [0.2, 0.25) is 0 Å². The molecule has 0 saturated heterocycles. The molecule has 0 atom stereocenters. The third-order valence-electron chi connectivity index (χ3n) is 27.9. The molecule has 134 heavy (non-hydrogen) atoms. The summed E-state index contributed by atoms with van der Waals surface area (Å²) in [6.07, 6.45) is 20.9. The van der Waals surface area contributed by atoms with Gasteiger partial charge in [-0.1, -0.05) is 292 Å². The van der Waals surface area contributed by atoms with Gasteiger partial charge in [0.05, 0.1) is 89.1 Å². The number of aromatic nitrogens is 16. The van der Waals surface area contributed by atoms with Gasteiger partial charge < -0.3 is 0 Å². The summed E-state index contributed by atoms with van der Waals surface area (Å²) >= 11 is 0.